The van der Waals surface area contributed by atoms with Crippen molar-refractivity contribution in [2.45, 2.75) is 25.4 Å². The third-order valence-corrected chi connectivity index (χ3v) is 2.47. The van der Waals surface area contributed by atoms with Crippen LogP contribution in [0.5, 0.6) is 5.75 Å². The number of rotatable bonds is 5. The van der Waals surface area contributed by atoms with Gasteiger partial charge in [-0.25, -0.2) is 0 Å². The monoisotopic (exact) mass is 264 g/mol. The number of hydrogen-bond donors (Lipinski definition) is 2. The largest absolute Gasteiger partial charge is 0.573 e. The lowest BCUT2D eigenvalue weighted by Gasteiger charge is -2.22. The van der Waals surface area contributed by atoms with E-state index in [0.29, 0.717) is 5.56 Å². The second kappa shape index (κ2) is 6.03. The molecule has 0 bridgehead atoms. The highest BCUT2D eigenvalue weighted by molar-refractivity contribution is 5.31. The number of nitrogens with one attached hydrogen (secondary N) is 1. The summed E-state index contributed by atoms with van der Waals surface area (Å²) in [6.45, 7) is 1.75. The van der Waals surface area contributed by atoms with E-state index in [4.69, 9.17) is 10.6 Å². The summed E-state index contributed by atoms with van der Waals surface area (Å²) in [4.78, 5) is 0. The second-order valence-corrected chi connectivity index (χ2v) is 3.71. The predicted molar refractivity (Wildman–Crippen MR) is 59.7 cm³/mol. The summed E-state index contributed by atoms with van der Waals surface area (Å²) in [5, 5.41) is 0. The van der Waals surface area contributed by atoms with E-state index in [0.717, 1.165) is 0 Å². The number of hydrogen-bond acceptors (Lipinski definition) is 4. The van der Waals surface area contributed by atoms with Gasteiger partial charge in [-0.05, 0) is 24.6 Å². The minimum absolute atomic E-state index is 0.288. The molecule has 0 saturated carbocycles. The molecule has 0 spiro atoms. The summed E-state index contributed by atoms with van der Waals surface area (Å²) >= 11 is 0. The summed E-state index contributed by atoms with van der Waals surface area (Å²) in [7, 11) is 1.49. The molecule has 102 valence electrons. The summed E-state index contributed by atoms with van der Waals surface area (Å²) in [5.41, 5.74) is 3.05. The maximum Gasteiger partial charge on any atom is 0.573 e. The highest BCUT2D eigenvalue weighted by atomic mass is 19.4. The standard InChI is InChI=1S/C11H15F3N2O2/c1-7(17-2)10(16-15)8-4-3-5-9(6-8)18-11(12,13)14/h3-7,10,16H,15H2,1-2H3. The van der Waals surface area contributed by atoms with Gasteiger partial charge in [-0.2, -0.15) is 0 Å². The number of methoxy groups -OCH3 is 1. The summed E-state index contributed by atoms with van der Waals surface area (Å²) in [6.07, 6.45) is -5.01. The van der Waals surface area contributed by atoms with Crippen molar-refractivity contribution in [2.75, 3.05) is 7.11 Å². The molecular weight excluding hydrogens is 249 g/mol. The molecule has 0 heterocycles. The smallest absolute Gasteiger partial charge is 0.406 e. The van der Waals surface area contributed by atoms with Crippen molar-refractivity contribution in [1.29, 1.82) is 0 Å². The number of nitrogens with two attached hydrogens (primary N) is 1. The first-order chi connectivity index (χ1) is 8.37. The van der Waals surface area contributed by atoms with Crippen molar-refractivity contribution in [3.05, 3.63) is 29.8 Å². The molecule has 0 amide bonds. The van der Waals surface area contributed by atoms with Gasteiger partial charge in [-0.15, -0.1) is 13.2 Å². The average molecular weight is 264 g/mol. The topological polar surface area (TPSA) is 56.5 Å². The summed E-state index contributed by atoms with van der Waals surface area (Å²) in [6, 6.07) is 5.17. The number of ether oxygens (including phenoxy) is 2. The fourth-order valence-electron chi connectivity index (χ4n) is 1.54. The molecule has 7 heteroatoms. The predicted octanol–water partition coefficient (Wildman–Crippen LogP) is 2.12. The summed E-state index contributed by atoms with van der Waals surface area (Å²) in [5.74, 6) is 5.08. The van der Waals surface area contributed by atoms with Gasteiger partial charge in [0.1, 0.15) is 5.75 Å². The fraction of sp³-hybridized carbons (Fsp3) is 0.455. The molecule has 0 aliphatic heterocycles. The third-order valence-electron chi connectivity index (χ3n) is 2.47. The lowest BCUT2D eigenvalue weighted by molar-refractivity contribution is -0.274. The third kappa shape index (κ3) is 4.17. The Balaban J connectivity index is 2.93. The van der Waals surface area contributed by atoms with E-state index in [2.05, 4.69) is 10.2 Å². The molecule has 0 radical (unpaired) electrons. The maximum absolute atomic E-state index is 12.1. The molecule has 1 rings (SSSR count). The van der Waals surface area contributed by atoms with Crippen LogP contribution in [0.2, 0.25) is 0 Å². The zero-order valence-electron chi connectivity index (χ0n) is 9.99. The normalized spacial score (nSPS) is 15.2. The van der Waals surface area contributed by atoms with Crippen molar-refractivity contribution in [2.24, 2.45) is 5.84 Å². The van der Waals surface area contributed by atoms with Crippen LogP contribution in [0.15, 0.2) is 24.3 Å². The molecule has 0 saturated heterocycles. The van der Waals surface area contributed by atoms with Crippen LogP contribution in [0.1, 0.15) is 18.5 Å². The van der Waals surface area contributed by atoms with Gasteiger partial charge in [-0.3, -0.25) is 11.3 Å². The lowest BCUT2D eigenvalue weighted by atomic mass is 10.0. The van der Waals surface area contributed by atoms with Gasteiger partial charge in [0.25, 0.3) is 0 Å². The minimum atomic E-state index is -4.71. The first-order valence-electron chi connectivity index (χ1n) is 5.22. The maximum atomic E-state index is 12.1. The molecular formula is C11H15F3N2O2. The Kier molecular flexibility index (Phi) is 4.94. The van der Waals surface area contributed by atoms with E-state index >= 15 is 0 Å². The Labute approximate surface area is 103 Å². The number of halogens is 3. The van der Waals surface area contributed by atoms with E-state index in [1.807, 2.05) is 0 Å². The number of hydrazine groups is 1. The van der Waals surface area contributed by atoms with Crippen LogP contribution >= 0.6 is 0 Å². The molecule has 2 unspecified atom stereocenters. The molecule has 4 nitrogen and oxygen atoms in total. The van der Waals surface area contributed by atoms with Crippen LogP contribution in [0, 0.1) is 0 Å². The molecule has 3 N–H and O–H groups in total. The van der Waals surface area contributed by atoms with E-state index in [1.54, 1.807) is 13.0 Å². The van der Waals surface area contributed by atoms with Crippen molar-refractivity contribution >= 4 is 0 Å². The Morgan fingerprint density at radius 1 is 1.33 bits per heavy atom. The van der Waals surface area contributed by atoms with Crippen LogP contribution in [0.4, 0.5) is 13.2 Å². The zero-order valence-corrected chi connectivity index (χ0v) is 9.99. The van der Waals surface area contributed by atoms with E-state index in [-0.39, 0.29) is 11.9 Å². The van der Waals surface area contributed by atoms with Crippen LogP contribution in [-0.2, 0) is 4.74 Å². The lowest BCUT2D eigenvalue weighted by Crippen LogP contribution is -2.36. The van der Waals surface area contributed by atoms with Crippen LogP contribution in [0.3, 0.4) is 0 Å². The van der Waals surface area contributed by atoms with Gasteiger partial charge in [-0.1, -0.05) is 12.1 Å². The van der Waals surface area contributed by atoms with E-state index < -0.39 is 12.4 Å². The molecule has 0 aromatic heterocycles. The second-order valence-electron chi connectivity index (χ2n) is 3.71. The van der Waals surface area contributed by atoms with Crippen molar-refractivity contribution in [3.63, 3.8) is 0 Å². The fourth-order valence-corrected chi connectivity index (χ4v) is 1.54. The number of benzene rings is 1. The molecule has 1 aromatic rings. The highest BCUT2D eigenvalue weighted by Crippen LogP contribution is 2.26. The quantitative estimate of drug-likeness (QED) is 0.632. The van der Waals surface area contributed by atoms with Gasteiger partial charge in [0.2, 0.25) is 0 Å². The van der Waals surface area contributed by atoms with Crippen LogP contribution < -0.4 is 16.0 Å². The van der Waals surface area contributed by atoms with Crippen molar-refractivity contribution < 1.29 is 22.6 Å². The van der Waals surface area contributed by atoms with Gasteiger partial charge in [0, 0.05) is 7.11 Å². The number of alkyl halides is 3. The Morgan fingerprint density at radius 2 is 2.00 bits per heavy atom. The molecule has 0 aliphatic rings. The highest BCUT2D eigenvalue weighted by Gasteiger charge is 2.31. The first kappa shape index (κ1) is 14.7. The van der Waals surface area contributed by atoms with Crippen LogP contribution in [-0.4, -0.2) is 19.6 Å². The minimum Gasteiger partial charge on any atom is -0.406 e. The van der Waals surface area contributed by atoms with Gasteiger partial charge in [0.05, 0.1) is 12.1 Å². The molecule has 1 aromatic carbocycles. The van der Waals surface area contributed by atoms with Crippen molar-refractivity contribution in [1.82, 2.24) is 5.43 Å². The Bertz CT molecular complexity index is 385. The van der Waals surface area contributed by atoms with Gasteiger partial charge >= 0.3 is 6.36 Å². The van der Waals surface area contributed by atoms with Crippen molar-refractivity contribution in [3.8, 4) is 5.75 Å². The molecule has 18 heavy (non-hydrogen) atoms. The Hall–Kier alpha value is -1.31. The zero-order chi connectivity index (χ0) is 13.8. The van der Waals surface area contributed by atoms with Gasteiger partial charge in [0.15, 0.2) is 0 Å². The summed E-state index contributed by atoms with van der Waals surface area (Å²) < 4.78 is 45.2. The first-order valence-corrected chi connectivity index (χ1v) is 5.22. The SMILES string of the molecule is COC(C)C(NN)c1cccc(OC(F)(F)F)c1. The molecule has 2 atom stereocenters. The van der Waals surface area contributed by atoms with Crippen LogP contribution in [0.25, 0.3) is 0 Å². The van der Waals surface area contributed by atoms with Gasteiger partial charge < -0.3 is 9.47 Å². The average Bonchev–Trinajstić information content (AvgIpc) is 2.28. The van der Waals surface area contributed by atoms with E-state index in [1.165, 1.54) is 25.3 Å². The molecule has 0 fully saturated rings. The molecule has 0 aliphatic carbocycles. The van der Waals surface area contributed by atoms with E-state index in [9.17, 15) is 13.2 Å². The Morgan fingerprint density at radius 3 is 2.50 bits per heavy atom.